The molecule has 0 atom stereocenters. The van der Waals surface area contributed by atoms with Gasteiger partial charge in [-0.1, -0.05) is 23.7 Å². The molecule has 1 fully saturated rings. The number of primary amides is 1. The second-order valence-electron chi connectivity index (χ2n) is 6.11. The Kier molecular flexibility index (Phi) is 6.13. The lowest BCUT2D eigenvalue weighted by molar-refractivity contribution is -0.116. The van der Waals surface area contributed by atoms with Gasteiger partial charge in [0.05, 0.1) is 16.3 Å². The SMILES string of the molecule is NC(=O)c1ccsc1NC(=O)CCN1CCN(c2ccccc2Cl)CC1. The molecular formula is C18H21ClN4O2S. The van der Waals surface area contributed by atoms with E-state index in [2.05, 4.69) is 15.1 Å². The van der Waals surface area contributed by atoms with Gasteiger partial charge < -0.3 is 16.0 Å². The van der Waals surface area contributed by atoms with Gasteiger partial charge >= 0.3 is 0 Å². The largest absolute Gasteiger partial charge is 0.368 e. The minimum Gasteiger partial charge on any atom is -0.368 e. The standard InChI is InChI=1S/C18H21ClN4O2S/c19-14-3-1-2-4-15(14)23-10-8-22(9-11-23)7-5-16(24)21-18-13(17(20)25)6-12-26-18/h1-4,6,12H,5,7-11H2,(H2,20,25)(H,21,24). The molecule has 1 saturated heterocycles. The molecule has 2 amide bonds. The molecule has 8 heteroatoms. The monoisotopic (exact) mass is 392 g/mol. The summed E-state index contributed by atoms with van der Waals surface area (Å²) in [4.78, 5) is 28.0. The maximum absolute atomic E-state index is 12.1. The summed E-state index contributed by atoms with van der Waals surface area (Å²) in [5.41, 5.74) is 6.71. The third-order valence-corrected chi connectivity index (χ3v) is 5.55. The molecule has 1 aromatic heterocycles. The normalized spacial score (nSPS) is 15.0. The van der Waals surface area contributed by atoms with Crippen LogP contribution in [0, 0.1) is 0 Å². The van der Waals surface area contributed by atoms with Gasteiger partial charge in [-0.15, -0.1) is 11.3 Å². The molecule has 138 valence electrons. The second kappa shape index (κ2) is 8.53. The molecule has 2 heterocycles. The van der Waals surface area contributed by atoms with Crippen LogP contribution in [0.4, 0.5) is 10.7 Å². The van der Waals surface area contributed by atoms with E-state index < -0.39 is 5.91 Å². The number of thiophene rings is 1. The second-order valence-corrected chi connectivity index (χ2v) is 7.43. The zero-order valence-electron chi connectivity index (χ0n) is 14.3. The number of hydrogen-bond acceptors (Lipinski definition) is 5. The highest BCUT2D eigenvalue weighted by Crippen LogP contribution is 2.26. The molecule has 6 nitrogen and oxygen atoms in total. The van der Waals surface area contributed by atoms with Crippen LogP contribution in [0.5, 0.6) is 0 Å². The van der Waals surface area contributed by atoms with E-state index in [0.717, 1.165) is 36.9 Å². The Morgan fingerprint density at radius 2 is 1.88 bits per heavy atom. The molecule has 0 spiro atoms. The fourth-order valence-electron chi connectivity index (χ4n) is 2.97. The summed E-state index contributed by atoms with van der Waals surface area (Å²) < 4.78 is 0. The Hall–Kier alpha value is -2.09. The number of nitrogens with zero attached hydrogens (tertiary/aromatic N) is 2. The summed E-state index contributed by atoms with van der Waals surface area (Å²) in [7, 11) is 0. The first-order valence-electron chi connectivity index (χ1n) is 8.43. The predicted molar refractivity (Wildman–Crippen MR) is 106 cm³/mol. The molecule has 0 bridgehead atoms. The van der Waals surface area contributed by atoms with Gasteiger partial charge in [0, 0.05) is 39.1 Å². The molecule has 3 N–H and O–H groups in total. The third kappa shape index (κ3) is 4.55. The molecule has 2 aromatic rings. The molecule has 3 rings (SSSR count). The quantitative estimate of drug-likeness (QED) is 0.792. The maximum atomic E-state index is 12.1. The van der Waals surface area contributed by atoms with Gasteiger partial charge in [0.2, 0.25) is 5.91 Å². The highest BCUT2D eigenvalue weighted by Gasteiger charge is 2.19. The first-order chi connectivity index (χ1) is 12.5. The van der Waals surface area contributed by atoms with E-state index >= 15 is 0 Å². The van der Waals surface area contributed by atoms with Crippen LogP contribution in [-0.4, -0.2) is 49.4 Å². The molecule has 26 heavy (non-hydrogen) atoms. The molecule has 1 aliphatic heterocycles. The molecule has 1 aromatic carbocycles. The van der Waals surface area contributed by atoms with Crippen LogP contribution in [0.15, 0.2) is 35.7 Å². The van der Waals surface area contributed by atoms with Crippen molar-refractivity contribution in [2.75, 3.05) is 42.9 Å². The minimum atomic E-state index is -0.530. The van der Waals surface area contributed by atoms with Crippen molar-refractivity contribution in [3.8, 4) is 0 Å². The molecule has 0 radical (unpaired) electrons. The fourth-order valence-corrected chi connectivity index (χ4v) is 4.03. The number of anilines is 2. The lowest BCUT2D eigenvalue weighted by Gasteiger charge is -2.36. The van der Waals surface area contributed by atoms with Crippen LogP contribution in [0.25, 0.3) is 0 Å². The molecular weight excluding hydrogens is 372 g/mol. The summed E-state index contributed by atoms with van der Waals surface area (Å²) in [6, 6.07) is 9.47. The van der Waals surface area contributed by atoms with Crippen molar-refractivity contribution in [2.24, 2.45) is 5.73 Å². The zero-order valence-corrected chi connectivity index (χ0v) is 15.9. The molecule has 0 saturated carbocycles. The van der Waals surface area contributed by atoms with E-state index in [0.29, 0.717) is 23.5 Å². The number of piperazine rings is 1. The summed E-state index contributed by atoms with van der Waals surface area (Å²) >= 11 is 7.56. The Morgan fingerprint density at radius 1 is 1.15 bits per heavy atom. The summed E-state index contributed by atoms with van der Waals surface area (Å²) in [6.45, 7) is 4.19. The molecule has 1 aliphatic rings. The van der Waals surface area contributed by atoms with Gasteiger partial charge in [0.1, 0.15) is 5.00 Å². The Labute approximate surface area is 161 Å². The van der Waals surface area contributed by atoms with Gasteiger partial charge in [-0.3, -0.25) is 14.5 Å². The van der Waals surface area contributed by atoms with Gasteiger partial charge in [-0.25, -0.2) is 0 Å². The summed E-state index contributed by atoms with van der Waals surface area (Å²) in [5, 5.41) is 5.80. The van der Waals surface area contributed by atoms with Crippen molar-refractivity contribution in [3.05, 3.63) is 46.3 Å². The van der Waals surface area contributed by atoms with E-state index in [1.54, 1.807) is 11.4 Å². The zero-order chi connectivity index (χ0) is 18.5. The van der Waals surface area contributed by atoms with Crippen molar-refractivity contribution in [1.82, 2.24) is 4.90 Å². The van der Waals surface area contributed by atoms with E-state index in [1.165, 1.54) is 11.3 Å². The van der Waals surface area contributed by atoms with Crippen molar-refractivity contribution < 1.29 is 9.59 Å². The fraction of sp³-hybridized carbons (Fsp3) is 0.333. The van der Waals surface area contributed by atoms with Crippen molar-refractivity contribution >= 4 is 45.4 Å². The average Bonchev–Trinajstić information content (AvgIpc) is 3.09. The van der Waals surface area contributed by atoms with Gasteiger partial charge in [0.15, 0.2) is 0 Å². The molecule has 0 unspecified atom stereocenters. The van der Waals surface area contributed by atoms with Crippen molar-refractivity contribution in [3.63, 3.8) is 0 Å². The Bertz CT molecular complexity index is 787. The number of benzene rings is 1. The van der Waals surface area contributed by atoms with Crippen LogP contribution >= 0.6 is 22.9 Å². The van der Waals surface area contributed by atoms with E-state index in [1.807, 2.05) is 24.3 Å². The number of rotatable bonds is 6. The number of carbonyl (C=O) groups is 2. The van der Waals surface area contributed by atoms with Crippen LogP contribution in [0.2, 0.25) is 5.02 Å². The first kappa shape index (κ1) is 18.7. The number of carbonyl (C=O) groups excluding carboxylic acids is 2. The lowest BCUT2D eigenvalue weighted by atomic mass is 10.2. The number of hydrogen-bond donors (Lipinski definition) is 2. The topological polar surface area (TPSA) is 78.7 Å². The van der Waals surface area contributed by atoms with Gasteiger partial charge in [-0.2, -0.15) is 0 Å². The maximum Gasteiger partial charge on any atom is 0.251 e. The Morgan fingerprint density at radius 3 is 2.58 bits per heavy atom. The Balaban J connectivity index is 1.45. The van der Waals surface area contributed by atoms with Crippen molar-refractivity contribution in [2.45, 2.75) is 6.42 Å². The average molecular weight is 393 g/mol. The van der Waals surface area contributed by atoms with E-state index in [-0.39, 0.29) is 5.91 Å². The molecule has 0 aliphatic carbocycles. The predicted octanol–water partition coefficient (Wildman–Crippen LogP) is 2.65. The number of halogens is 1. The van der Waals surface area contributed by atoms with E-state index in [9.17, 15) is 9.59 Å². The van der Waals surface area contributed by atoms with Crippen LogP contribution in [-0.2, 0) is 4.79 Å². The number of para-hydroxylation sites is 1. The number of nitrogens with one attached hydrogen (secondary N) is 1. The van der Waals surface area contributed by atoms with Gasteiger partial charge in [-0.05, 0) is 23.6 Å². The number of amides is 2. The van der Waals surface area contributed by atoms with Crippen LogP contribution in [0.1, 0.15) is 16.8 Å². The third-order valence-electron chi connectivity index (χ3n) is 4.40. The number of nitrogens with two attached hydrogens (primary N) is 1. The smallest absolute Gasteiger partial charge is 0.251 e. The summed E-state index contributed by atoms with van der Waals surface area (Å²) in [5.74, 6) is -0.638. The highest BCUT2D eigenvalue weighted by atomic mass is 35.5. The van der Waals surface area contributed by atoms with Crippen LogP contribution < -0.4 is 16.0 Å². The highest BCUT2D eigenvalue weighted by molar-refractivity contribution is 7.14. The van der Waals surface area contributed by atoms with Gasteiger partial charge in [0.25, 0.3) is 5.91 Å². The lowest BCUT2D eigenvalue weighted by Crippen LogP contribution is -2.47. The van der Waals surface area contributed by atoms with E-state index in [4.69, 9.17) is 17.3 Å². The summed E-state index contributed by atoms with van der Waals surface area (Å²) in [6.07, 6.45) is 0.377. The minimum absolute atomic E-state index is 0.108. The first-order valence-corrected chi connectivity index (χ1v) is 9.69. The van der Waals surface area contributed by atoms with Crippen LogP contribution in [0.3, 0.4) is 0 Å². The van der Waals surface area contributed by atoms with Crippen molar-refractivity contribution in [1.29, 1.82) is 0 Å².